The highest BCUT2D eigenvalue weighted by molar-refractivity contribution is 6.29. The lowest BCUT2D eigenvalue weighted by Gasteiger charge is -2.26. The molecule has 0 radical (unpaired) electrons. The molecule has 1 aliphatic rings. The van der Waals surface area contributed by atoms with E-state index in [1.54, 1.807) is 0 Å². The van der Waals surface area contributed by atoms with Gasteiger partial charge in [0, 0.05) is 0 Å². The first kappa shape index (κ1) is 7.89. The third-order valence-corrected chi connectivity index (χ3v) is 1.91. The fourth-order valence-corrected chi connectivity index (χ4v) is 1.05. The molecule has 0 N–H and O–H groups in total. The van der Waals surface area contributed by atoms with Gasteiger partial charge in [-0.05, 0) is 0 Å². The molecule has 0 aromatic rings. The largest absolute Gasteiger partial charge is 0.354 e. The summed E-state index contributed by atoms with van der Waals surface area (Å²) in [6, 6.07) is 0. The summed E-state index contributed by atoms with van der Waals surface area (Å²) in [7, 11) is 0. The van der Waals surface area contributed by atoms with E-state index in [0.717, 1.165) is 0 Å². The van der Waals surface area contributed by atoms with E-state index in [2.05, 4.69) is 0 Å². The first-order chi connectivity index (χ1) is 4.20. The highest BCUT2D eigenvalue weighted by Crippen LogP contribution is 2.22. The van der Waals surface area contributed by atoms with Gasteiger partial charge in [-0.15, -0.1) is 0 Å². The molecule has 3 atom stereocenters. The van der Waals surface area contributed by atoms with Crippen LogP contribution in [0.3, 0.4) is 0 Å². The van der Waals surface area contributed by atoms with Gasteiger partial charge >= 0.3 is 0 Å². The minimum Gasteiger partial charge on any atom is -0.354 e. The Morgan fingerprint density at radius 2 is 1.78 bits per heavy atom. The molecule has 54 valence electrons. The zero-order chi connectivity index (χ0) is 6.85. The van der Waals surface area contributed by atoms with Crippen LogP contribution >= 0.6 is 34.8 Å². The van der Waals surface area contributed by atoms with Gasteiger partial charge in [-0.25, -0.2) is 0 Å². The van der Waals surface area contributed by atoms with E-state index in [9.17, 15) is 0 Å². The standard InChI is InChI=1S/C4H5Cl3O2/c5-2-1-8-3(6)4(7)9-2/h2-4H,1H2. The lowest BCUT2D eigenvalue weighted by molar-refractivity contribution is -0.0910. The highest BCUT2D eigenvalue weighted by Gasteiger charge is 2.27. The molecule has 0 aromatic heterocycles. The predicted octanol–water partition coefficient (Wildman–Crippen LogP) is 1.73. The Bertz CT molecular complexity index is 99.8. The SMILES string of the molecule is ClC1COC(Cl)C(Cl)O1. The van der Waals surface area contributed by atoms with Crippen molar-refractivity contribution in [2.75, 3.05) is 6.61 Å². The molecule has 0 aromatic carbocycles. The summed E-state index contributed by atoms with van der Waals surface area (Å²) < 4.78 is 9.75. The summed E-state index contributed by atoms with van der Waals surface area (Å²) in [6.07, 6.45) is 0. The van der Waals surface area contributed by atoms with Gasteiger partial charge in [0.15, 0.2) is 16.7 Å². The molecule has 1 rings (SSSR count). The molecule has 1 fully saturated rings. The molecule has 5 heteroatoms. The Morgan fingerprint density at radius 3 is 2.22 bits per heavy atom. The molecule has 1 heterocycles. The average Bonchev–Trinajstić information content (AvgIpc) is 1.80. The molecular weight excluding hydrogens is 186 g/mol. The Morgan fingerprint density at radius 1 is 1.11 bits per heavy atom. The van der Waals surface area contributed by atoms with E-state index in [-0.39, 0.29) is 0 Å². The molecule has 1 aliphatic heterocycles. The van der Waals surface area contributed by atoms with E-state index in [0.29, 0.717) is 6.61 Å². The summed E-state index contributed by atoms with van der Waals surface area (Å²) in [5.41, 5.74) is -1.69. The van der Waals surface area contributed by atoms with E-state index in [1.807, 2.05) is 0 Å². The molecule has 9 heavy (non-hydrogen) atoms. The van der Waals surface area contributed by atoms with Gasteiger partial charge in [-0.3, -0.25) is 0 Å². The summed E-state index contributed by atoms with van der Waals surface area (Å²) in [5, 5.41) is 0. The molecule has 0 amide bonds. The fraction of sp³-hybridized carbons (Fsp3) is 1.00. The lowest BCUT2D eigenvalue weighted by Crippen LogP contribution is -2.34. The monoisotopic (exact) mass is 190 g/mol. The van der Waals surface area contributed by atoms with Crippen LogP contribution in [0.1, 0.15) is 0 Å². The van der Waals surface area contributed by atoms with Crippen LogP contribution in [-0.2, 0) is 9.47 Å². The van der Waals surface area contributed by atoms with Gasteiger partial charge in [0.25, 0.3) is 0 Å². The summed E-state index contributed by atoms with van der Waals surface area (Å²) in [5.74, 6) is 0. The Labute approximate surface area is 68.0 Å². The van der Waals surface area contributed by atoms with Gasteiger partial charge in [0.2, 0.25) is 0 Å². The van der Waals surface area contributed by atoms with E-state index in [4.69, 9.17) is 44.3 Å². The minimum absolute atomic E-state index is 0.291. The Balaban J connectivity index is 2.35. The van der Waals surface area contributed by atoms with E-state index in [1.165, 1.54) is 0 Å². The molecule has 0 bridgehead atoms. The van der Waals surface area contributed by atoms with Gasteiger partial charge in [0.05, 0.1) is 6.61 Å². The van der Waals surface area contributed by atoms with Crippen molar-refractivity contribution in [3.8, 4) is 0 Å². The van der Waals surface area contributed by atoms with Crippen LogP contribution in [-0.4, -0.2) is 23.3 Å². The Hall–Kier alpha value is 0.790. The van der Waals surface area contributed by atoms with E-state index < -0.39 is 16.7 Å². The molecule has 0 spiro atoms. The van der Waals surface area contributed by atoms with Crippen LogP contribution in [0.4, 0.5) is 0 Å². The van der Waals surface area contributed by atoms with Gasteiger partial charge < -0.3 is 9.47 Å². The topological polar surface area (TPSA) is 18.5 Å². The summed E-state index contributed by atoms with van der Waals surface area (Å²) >= 11 is 16.5. The molecular formula is C4H5Cl3O2. The van der Waals surface area contributed by atoms with Crippen molar-refractivity contribution < 1.29 is 9.47 Å². The van der Waals surface area contributed by atoms with Crippen molar-refractivity contribution in [3.05, 3.63) is 0 Å². The lowest BCUT2D eigenvalue weighted by atomic mass is 10.6. The summed E-state index contributed by atoms with van der Waals surface area (Å²) in [6.45, 7) is 0.291. The maximum absolute atomic E-state index is 5.50. The molecule has 3 unspecified atom stereocenters. The van der Waals surface area contributed by atoms with Gasteiger partial charge in [-0.1, -0.05) is 34.8 Å². The second kappa shape index (κ2) is 3.26. The highest BCUT2D eigenvalue weighted by atomic mass is 35.5. The maximum Gasteiger partial charge on any atom is 0.173 e. The number of hydrogen-bond acceptors (Lipinski definition) is 2. The second-order valence-electron chi connectivity index (χ2n) is 1.58. The van der Waals surface area contributed by atoms with Crippen LogP contribution in [0.5, 0.6) is 0 Å². The fourth-order valence-electron chi connectivity index (χ4n) is 0.485. The minimum atomic E-state index is -0.636. The van der Waals surface area contributed by atoms with Crippen molar-refractivity contribution in [3.63, 3.8) is 0 Å². The molecule has 0 saturated carbocycles. The first-order valence-electron chi connectivity index (χ1n) is 2.39. The zero-order valence-electron chi connectivity index (χ0n) is 4.39. The second-order valence-corrected chi connectivity index (χ2v) is 2.93. The smallest absolute Gasteiger partial charge is 0.173 e. The van der Waals surface area contributed by atoms with Crippen molar-refractivity contribution in [2.24, 2.45) is 0 Å². The van der Waals surface area contributed by atoms with Crippen molar-refractivity contribution >= 4 is 34.8 Å². The molecule has 2 nitrogen and oxygen atoms in total. The average molecular weight is 191 g/mol. The predicted molar refractivity (Wildman–Crippen MR) is 36.0 cm³/mol. The number of ether oxygens (including phenoxy) is 2. The van der Waals surface area contributed by atoms with Crippen LogP contribution in [0.2, 0.25) is 0 Å². The first-order valence-corrected chi connectivity index (χ1v) is 3.70. The normalized spacial score (nSPS) is 45.0. The third kappa shape index (κ3) is 2.13. The van der Waals surface area contributed by atoms with Crippen LogP contribution < -0.4 is 0 Å². The van der Waals surface area contributed by atoms with Crippen LogP contribution in [0, 0.1) is 0 Å². The van der Waals surface area contributed by atoms with E-state index >= 15 is 0 Å². The number of rotatable bonds is 0. The third-order valence-electron chi connectivity index (χ3n) is 0.870. The Kier molecular flexibility index (Phi) is 2.86. The van der Waals surface area contributed by atoms with Gasteiger partial charge in [-0.2, -0.15) is 0 Å². The number of halogens is 3. The van der Waals surface area contributed by atoms with Crippen LogP contribution in [0.25, 0.3) is 0 Å². The van der Waals surface area contributed by atoms with Crippen molar-refractivity contribution in [1.29, 1.82) is 0 Å². The van der Waals surface area contributed by atoms with Crippen LogP contribution in [0.15, 0.2) is 0 Å². The summed E-state index contributed by atoms with van der Waals surface area (Å²) in [4.78, 5) is 0. The number of hydrogen-bond donors (Lipinski definition) is 0. The van der Waals surface area contributed by atoms with Gasteiger partial charge in [0.1, 0.15) is 0 Å². The quantitative estimate of drug-likeness (QED) is 0.543. The van der Waals surface area contributed by atoms with Crippen molar-refractivity contribution in [2.45, 2.75) is 16.7 Å². The van der Waals surface area contributed by atoms with Crippen molar-refractivity contribution in [1.82, 2.24) is 0 Å². The maximum atomic E-state index is 5.50. The molecule has 0 aliphatic carbocycles. The zero-order valence-corrected chi connectivity index (χ0v) is 6.66. The number of alkyl halides is 3. The molecule has 1 saturated heterocycles.